The highest BCUT2D eigenvalue weighted by Gasteiger charge is 2.43. The second kappa shape index (κ2) is 6.17. The van der Waals surface area contributed by atoms with Gasteiger partial charge in [-0.05, 0) is 42.0 Å². The fourth-order valence-corrected chi connectivity index (χ4v) is 3.65. The highest BCUT2D eigenvalue weighted by molar-refractivity contribution is 5.83. The molecule has 2 nitrogen and oxygen atoms in total. The van der Waals surface area contributed by atoms with Crippen molar-refractivity contribution in [3.8, 4) is 0 Å². The van der Waals surface area contributed by atoms with E-state index >= 15 is 0 Å². The second-order valence-electron chi connectivity index (χ2n) is 6.31. The van der Waals surface area contributed by atoms with Crippen molar-refractivity contribution in [2.24, 2.45) is 5.73 Å². The standard InChI is InChI=1S/C19H25NO/c1-21-13-4-8-18(20)19(11-5-12-19)17-10-9-15-6-2-3-7-16(15)14-17/h2-3,6-7,9-10,14,18H,4-5,8,11-13,20H2,1H3. The normalized spacial score (nSPS) is 18.4. The fourth-order valence-electron chi connectivity index (χ4n) is 3.65. The zero-order valence-electron chi connectivity index (χ0n) is 12.8. The van der Waals surface area contributed by atoms with Gasteiger partial charge >= 0.3 is 0 Å². The van der Waals surface area contributed by atoms with Crippen LogP contribution in [0.4, 0.5) is 0 Å². The first-order valence-corrected chi connectivity index (χ1v) is 8.00. The molecule has 0 aliphatic heterocycles. The molecule has 3 rings (SSSR count). The van der Waals surface area contributed by atoms with E-state index in [0.717, 1.165) is 19.4 Å². The Bertz CT molecular complexity index is 603. The van der Waals surface area contributed by atoms with Crippen LogP contribution in [0, 0.1) is 0 Å². The van der Waals surface area contributed by atoms with Crippen molar-refractivity contribution in [3.05, 3.63) is 48.0 Å². The van der Waals surface area contributed by atoms with Crippen molar-refractivity contribution in [1.82, 2.24) is 0 Å². The van der Waals surface area contributed by atoms with Crippen molar-refractivity contribution in [2.45, 2.75) is 43.6 Å². The Hall–Kier alpha value is -1.38. The van der Waals surface area contributed by atoms with Crippen LogP contribution in [0.1, 0.15) is 37.7 Å². The zero-order valence-corrected chi connectivity index (χ0v) is 12.8. The molecule has 0 heterocycles. The van der Waals surface area contributed by atoms with Crippen molar-refractivity contribution in [2.75, 3.05) is 13.7 Å². The first-order chi connectivity index (χ1) is 10.3. The van der Waals surface area contributed by atoms with Crippen LogP contribution in [0.25, 0.3) is 10.8 Å². The number of ether oxygens (including phenoxy) is 1. The second-order valence-corrected chi connectivity index (χ2v) is 6.31. The number of methoxy groups -OCH3 is 1. The summed E-state index contributed by atoms with van der Waals surface area (Å²) in [5.74, 6) is 0. The van der Waals surface area contributed by atoms with Crippen LogP contribution in [-0.4, -0.2) is 19.8 Å². The quantitative estimate of drug-likeness (QED) is 0.813. The molecule has 1 saturated carbocycles. The van der Waals surface area contributed by atoms with Gasteiger partial charge in [0, 0.05) is 25.2 Å². The van der Waals surface area contributed by atoms with Crippen molar-refractivity contribution < 1.29 is 4.74 Å². The number of nitrogens with two attached hydrogens (primary N) is 1. The molecule has 1 atom stereocenters. The summed E-state index contributed by atoms with van der Waals surface area (Å²) in [4.78, 5) is 0. The highest BCUT2D eigenvalue weighted by Crippen LogP contribution is 2.47. The summed E-state index contributed by atoms with van der Waals surface area (Å²) < 4.78 is 5.16. The lowest BCUT2D eigenvalue weighted by Gasteiger charge is -2.47. The van der Waals surface area contributed by atoms with E-state index in [4.69, 9.17) is 10.5 Å². The van der Waals surface area contributed by atoms with Crippen LogP contribution in [0.5, 0.6) is 0 Å². The number of benzene rings is 2. The van der Waals surface area contributed by atoms with Gasteiger partial charge in [-0.25, -0.2) is 0 Å². The van der Waals surface area contributed by atoms with Crippen LogP contribution < -0.4 is 5.73 Å². The average Bonchev–Trinajstić information content (AvgIpc) is 2.46. The van der Waals surface area contributed by atoms with Gasteiger partial charge in [-0.2, -0.15) is 0 Å². The molecule has 0 radical (unpaired) electrons. The molecule has 0 spiro atoms. The summed E-state index contributed by atoms with van der Waals surface area (Å²) in [6.45, 7) is 0.807. The molecular formula is C19H25NO. The van der Waals surface area contributed by atoms with E-state index in [1.54, 1.807) is 7.11 Å². The zero-order chi connectivity index (χ0) is 14.7. The summed E-state index contributed by atoms with van der Waals surface area (Å²) in [6.07, 6.45) is 5.83. The van der Waals surface area contributed by atoms with Gasteiger partial charge in [-0.15, -0.1) is 0 Å². The molecular weight excluding hydrogens is 258 g/mol. The van der Waals surface area contributed by atoms with Gasteiger partial charge in [0.05, 0.1) is 0 Å². The van der Waals surface area contributed by atoms with E-state index in [-0.39, 0.29) is 11.5 Å². The summed E-state index contributed by atoms with van der Waals surface area (Å²) in [6, 6.07) is 15.7. The lowest BCUT2D eigenvalue weighted by atomic mass is 9.59. The third-order valence-electron chi connectivity index (χ3n) is 5.14. The van der Waals surface area contributed by atoms with Crippen LogP contribution in [0.2, 0.25) is 0 Å². The molecule has 0 amide bonds. The Morgan fingerprint density at radius 2 is 1.90 bits per heavy atom. The summed E-state index contributed by atoms with van der Waals surface area (Å²) in [5, 5.41) is 2.63. The smallest absolute Gasteiger partial charge is 0.0462 e. The first kappa shape index (κ1) is 14.6. The maximum atomic E-state index is 6.58. The summed E-state index contributed by atoms with van der Waals surface area (Å²) in [5.41, 5.74) is 8.20. The Labute approximate surface area is 127 Å². The molecule has 2 aromatic carbocycles. The number of fused-ring (bicyclic) bond motifs is 1. The van der Waals surface area contributed by atoms with Crippen LogP contribution >= 0.6 is 0 Å². The third kappa shape index (κ3) is 2.70. The lowest BCUT2D eigenvalue weighted by Crippen LogP contribution is -2.50. The average molecular weight is 283 g/mol. The van der Waals surface area contributed by atoms with Gasteiger partial charge in [0.1, 0.15) is 0 Å². The van der Waals surface area contributed by atoms with E-state index in [9.17, 15) is 0 Å². The van der Waals surface area contributed by atoms with E-state index in [0.29, 0.717) is 0 Å². The fraction of sp³-hybridized carbons (Fsp3) is 0.474. The monoisotopic (exact) mass is 283 g/mol. The molecule has 2 aromatic rings. The molecule has 0 aromatic heterocycles. The van der Waals surface area contributed by atoms with Gasteiger partial charge < -0.3 is 10.5 Å². The summed E-state index contributed by atoms with van der Waals surface area (Å²) >= 11 is 0. The number of hydrogen-bond donors (Lipinski definition) is 1. The van der Waals surface area contributed by atoms with Gasteiger partial charge in [0.2, 0.25) is 0 Å². The van der Waals surface area contributed by atoms with Gasteiger partial charge in [0.15, 0.2) is 0 Å². The maximum Gasteiger partial charge on any atom is 0.0462 e. The third-order valence-corrected chi connectivity index (χ3v) is 5.14. The molecule has 2 N–H and O–H groups in total. The highest BCUT2D eigenvalue weighted by atomic mass is 16.5. The SMILES string of the molecule is COCCCC(N)C1(c2ccc3ccccc3c2)CCC1. The molecule has 2 heteroatoms. The molecule has 1 aliphatic rings. The molecule has 1 aliphatic carbocycles. The molecule has 112 valence electrons. The van der Waals surface area contributed by atoms with E-state index < -0.39 is 0 Å². The van der Waals surface area contributed by atoms with Crippen molar-refractivity contribution in [1.29, 1.82) is 0 Å². The number of rotatable bonds is 6. The first-order valence-electron chi connectivity index (χ1n) is 8.00. The van der Waals surface area contributed by atoms with Gasteiger partial charge in [-0.3, -0.25) is 0 Å². The Kier molecular flexibility index (Phi) is 4.27. The minimum atomic E-state index is 0.192. The minimum absolute atomic E-state index is 0.192. The predicted octanol–water partition coefficient (Wildman–Crippen LogP) is 4.02. The van der Waals surface area contributed by atoms with Gasteiger partial charge in [-0.1, -0.05) is 48.9 Å². The van der Waals surface area contributed by atoms with Crippen molar-refractivity contribution in [3.63, 3.8) is 0 Å². The predicted molar refractivity (Wildman–Crippen MR) is 88.6 cm³/mol. The Morgan fingerprint density at radius 1 is 1.14 bits per heavy atom. The topological polar surface area (TPSA) is 35.2 Å². The van der Waals surface area contributed by atoms with E-state index in [1.165, 1.54) is 35.6 Å². The number of hydrogen-bond acceptors (Lipinski definition) is 2. The largest absolute Gasteiger partial charge is 0.385 e. The van der Waals surface area contributed by atoms with E-state index in [2.05, 4.69) is 42.5 Å². The molecule has 1 fully saturated rings. The van der Waals surface area contributed by atoms with Gasteiger partial charge in [0.25, 0.3) is 0 Å². The minimum Gasteiger partial charge on any atom is -0.385 e. The van der Waals surface area contributed by atoms with Crippen LogP contribution in [0.3, 0.4) is 0 Å². The molecule has 0 bridgehead atoms. The summed E-state index contributed by atoms with van der Waals surface area (Å²) in [7, 11) is 1.76. The molecule has 1 unspecified atom stereocenters. The molecule has 21 heavy (non-hydrogen) atoms. The Balaban J connectivity index is 1.86. The lowest BCUT2D eigenvalue weighted by molar-refractivity contribution is 0.159. The maximum absolute atomic E-state index is 6.58. The molecule has 0 saturated heterocycles. The van der Waals surface area contributed by atoms with Crippen molar-refractivity contribution >= 4 is 10.8 Å². The van der Waals surface area contributed by atoms with Crippen LogP contribution in [-0.2, 0) is 10.2 Å². The van der Waals surface area contributed by atoms with E-state index in [1.807, 2.05) is 0 Å². The van der Waals surface area contributed by atoms with Crippen LogP contribution in [0.15, 0.2) is 42.5 Å². The Morgan fingerprint density at radius 3 is 2.57 bits per heavy atom.